The monoisotopic (exact) mass is 225 g/mol. The molecule has 6 nitrogen and oxygen atoms in total. The molecule has 2 N–H and O–H groups in total. The van der Waals surface area contributed by atoms with Crippen molar-refractivity contribution in [1.29, 1.82) is 0 Å². The van der Waals surface area contributed by atoms with Crippen LogP contribution in [0.4, 0.5) is 4.79 Å². The van der Waals surface area contributed by atoms with Gasteiger partial charge in [-0.05, 0) is 12.8 Å². The third-order valence-corrected chi connectivity index (χ3v) is 3.05. The van der Waals surface area contributed by atoms with Gasteiger partial charge in [-0.15, -0.1) is 0 Å². The molecule has 1 heterocycles. The molecule has 2 fully saturated rings. The highest BCUT2D eigenvalue weighted by atomic mass is 16.2. The quantitative estimate of drug-likeness (QED) is 0.630. The van der Waals surface area contributed by atoms with Crippen LogP contribution in [0.2, 0.25) is 0 Å². The molecule has 0 atom stereocenters. The van der Waals surface area contributed by atoms with E-state index < -0.39 is 0 Å². The molecular weight excluding hydrogens is 210 g/mol. The summed E-state index contributed by atoms with van der Waals surface area (Å²) in [6.45, 7) is 0.660. The Kier molecular flexibility index (Phi) is 3.07. The van der Waals surface area contributed by atoms with Gasteiger partial charge in [0, 0.05) is 19.0 Å². The van der Waals surface area contributed by atoms with Crippen LogP contribution in [0.15, 0.2) is 0 Å². The average Bonchev–Trinajstić information content (AvgIpc) is 2.46. The summed E-state index contributed by atoms with van der Waals surface area (Å²) in [6, 6.07) is -0.372. The van der Waals surface area contributed by atoms with Gasteiger partial charge in [0.05, 0.1) is 6.54 Å². The van der Waals surface area contributed by atoms with Gasteiger partial charge >= 0.3 is 6.03 Å². The largest absolute Gasteiger partial charge is 0.354 e. The lowest BCUT2D eigenvalue weighted by atomic mass is 9.85. The van der Waals surface area contributed by atoms with Crippen molar-refractivity contribution in [3.8, 4) is 0 Å². The fraction of sp³-hybridized carbons (Fsp3) is 0.700. The highest BCUT2D eigenvalue weighted by molar-refractivity contribution is 6.01. The smallest absolute Gasteiger partial charge is 0.324 e. The predicted molar refractivity (Wildman–Crippen MR) is 55.5 cm³/mol. The van der Waals surface area contributed by atoms with Gasteiger partial charge in [-0.25, -0.2) is 4.79 Å². The Morgan fingerprint density at radius 2 is 2.19 bits per heavy atom. The van der Waals surface area contributed by atoms with Gasteiger partial charge < -0.3 is 10.6 Å². The van der Waals surface area contributed by atoms with Crippen molar-refractivity contribution in [3.63, 3.8) is 0 Å². The van der Waals surface area contributed by atoms with Crippen LogP contribution in [0.5, 0.6) is 0 Å². The number of carbonyl (C=O) groups excluding carboxylic acids is 3. The number of amides is 4. The molecule has 0 aromatic heterocycles. The number of rotatable bonds is 4. The number of nitrogens with one attached hydrogen (secondary N) is 2. The predicted octanol–water partition coefficient (Wildman–Crippen LogP) is -0.546. The van der Waals surface area contributed by atoms with Gasteiger partial charge in [0.15, 0.2) is 0 Å². The Morgan fingerprint density at radius 3 is 2.69 bits per heavy atom. The van der Waals surface area contributed by atoms with E-state index in [0.29, 0.717) is 6.54 Å². The lowest BCUT2D eigenvalue weighted by Crippen LogP contribution is -2.41. The second-order valence-electron chi connectivity index (χ2n) is 4.12. The first-order valence-electron chi connectivity index (χ1n) is 5.54. The number of imide groups is 1. The first kappa shape index (κ1) is 10.9. The number of urea groups is 1. The molecule has 2 rings (SSSR count). The summed E-state index contributed by atoms with van der Waals surface area (Å²) in [5.74, 6) is -0.0516. The molecule has 0 aromatic carbocycles. The number of hydrogen-bond acceptors (Lipinski definition) is 3. The molecule has 0 aromatic rings. The molecule has 1 aliphatic heterocycles. The highest BCUT2D eigenvalue weighted by Gasteiger charge is 2.29. The minimum absolute atomic E-state index is 0.0401. The fourth-order valence-electron chi connectivity index (χ4n) is 1.79. The molecule has 6 heteroatoms. The molecule has 16 heavy (non-hydrogen) atoms. The Bertz CT molecular complexity index is 309. The van der Waals surface area contributed by atoms with Crippen molar-refractivity contribution in [2.24, 2.45) is 5.92 Å². The summed E-state index contributed by atoms with van der Waals surface area (Å²) in [5.41, 5.74) is 0. The maximum Gasteiger partial charge on any atom is 0.324 e. The third kappa shape index (κ3) is 2.15. The lowest BCUT2D eigenvalue weighted by Gasteiger charge is -2.24. The van der Waals surface area contributed by atoms with Gasteiger partial charge in [-0.2, -0.15) is 0 Å². The first-order chi connectivity index (χ1) is 7.68. The Labute approximate surface area is 93.4 Å². The van der Waals surface area contributed by atoms with Crippen LogP contribution in [0.3, 0.4) is 0 Å². The number of carbonyl (C=O) groups is 3. The zero-order valence-electron chi connectivity index (χ0n) is 8.99. The SMILES string of the molecule is O=C(NCCN1C(=O)CNC1=O)C1CCC1. The van der Waals surface area contributed by atoms with Crippen LogP contribution in [0.25, 0.3) is 0 Å². The second kappa shape index (κ2) is 4.51. The van der Waals surface area contributed by atoms with E-state index in [2.05, 4.69) is 10.6 Å². The van der Waals surface area contributed by atoms with Crippen molar-refractivity contribution in [1.82, 2.24) is 15.5 Å². The van der Waals surface area contributed by atoms with Gasteiger partial charge in [0.25, 0.3) is 0 Å². The molecule has 88 valence electrons. The van der Waals surface area contributed by atoms with E-state index in [1.54, 1.807) is 0 Å². The summed E-state index contributed by atoms with van der Waals surface area (Å²) < 4.78 is 0. The molecular formula is C10H15N3O3. The van der Waals surface area contributed by atoms with E-state index in [9.17, 15) is 14.4 Å². The summed E-state index contributed by atoms with van der Waals surface area (Å²) >= 11 is 0. The zero-order chi connectivity index (χ0) is 11.5. The molecule has 0 spiro atoms. The Hall–Kier alpha value is -1.59. The van der Waals surface area contributed by atoms with Crippen LogP contribution >= 0.6 is 0 Å². The van der Waals surface area contributed by atoms with Crippen LogP contribution in [-0.4, -0.2) is 42.4 Å². The minimum atomic E-state index is -0.372. The fourth-order valence-corrected chi connectivity index (χ4v) is 1.79. The van der Waals surface area contributed by atoms with E-state index >= 15 is 0 Å². The zero-order valence-corrected chi connectivity index (χ0v) is 8.99. The molecule has 4 amide bonds. The maximum absolute atomic E-state index is 11.4. The van der Waals surface area contributed by atoms with Crippen molar-refractivity contribution < 1.29 is 14.4 Å². The van der Waals surface area contributed by atoms with Gasteiger partial charge in [0.2, 0.25) is 11.8 Å². The highest BCUT2D eigenvalue weighted by Crippen LogP contribution is 2.25. The molecule has 0 unspecified atom stereocenters. The van der Waals surface area contributed by atoms with Crippen LogP contribution in [0, 0.1) is 5.92 Å². The van der Waals surface area contributed by atoms with E-state index in [4.69, 9.17) is 0 Å². The number of nitrogens with zero attached hydrogens (tertiary/aromatic N) is 1. The van der Waals surface area contributed by atoms with E-state index in [1.807, 2.05) is 0 Å². The van der Waals surface area contributed by atoms with Crippen molar-refractivity contribution in [2.75, 3.05) is 19.6 Å². The second-order valence-corrected chi connectivity index (χ2v) is 4.12. The standard InChI is InChI=1S/C10H15N3O3/c14-8-6-12-10(16)13(8)5-4-11-9(15)7-2-1-3-7/h7H,1-6H2,(H,11,15)(H,12,16). The van der Waals surface area contributed by atoms with Crippen molar-refractivity contribution in [2.45, 2.75) is 19.3 Å². The van der Waals surface area contributed by atoms with Gasteiger partial charge in [-0.3, -0.25) is 14.5 Å². The van der Waals surface area contributed by atoms with Crippen LogP contribution < -0.4 is 10.6 Å². The van der Waals surface area contributed by atoms with Crippen molar-refractivity contribution in [3.05, 3.63) is 0 Å². The van der Waals surface area contributed by atoms with Gasteiger partial charge in [0.1, 0.15) is 0 Å². The Morgan fingerprint density at radius 1 is 1.44 bits per heavy atom. The summed E-state index contributed by atoms with van der Waals surface area (Å²) in [6.07, 6.45) is 3.02. The lowest BCUT2D eigenvalue weighted by molar-refractivity contribution is -0.128. The molecule has 1 saturated carbocycles. The summed E-state index contributed by atoms with van der Waals surface area (Å²) in [7, 11) is 0. The third-order valence-electron chi connectivity index (χ3n) is 3.05. The van der Waals surface area contributed by atoms with Crippen molar-refractivity contribution >= 4 is 17.8 Å². The molecule has 2 aliphatic rings. The average molecular weight is 225 g/mol. The molecule has 0 radical (unpaired) electrons. The molecule has 1 aliphatic carbocycles. The molecule has 1 saturated heterocycles. The topological polar surface area (TPSA) is 78.5 Å². The van der Waals surface area contributed by atoms with Crippen LogP contribution in [-0.2, 0) is 9.59 Å². The Balaban J connectivity index is 1.69. The minimum Gasteiger partial charge on any atom is -0.354 e. The summed E-state index contributed by atoms with van der Waals surface area (Å²) in [5, 5.41) is 5.17. The van der Waals surface area contributed by atoms with E-state index in [1.165, 1.54) is 0 Å². The van der Waals surface area contributed by atoms with E-state index in [0.717, 1.165) is 24.2 Å². The van der Waals surface area contributed by atoms with Gasteiger partial charge in [-0.1, -0.05) is 6.42 Å². The summed E-state index contributed by atoms with van der Waals surface area (Å²) in [4.78, 5) is 34.9. The molecule has 0 bridgehead atoms. The maximum atomic E-state index is 11.4. The van der Waals surface area contributed by atoms with Crippen LogP contribution in [0.1, 0.15) is 19.3 Å². The normalized spacial score (nSPS) is 20.6. The number of hydrogen-bond donors (Lipinski definition) is 2. The first-order valence-corrected chi connectivity index (χ1v) is 5.54. The van der Waals surface area contributed by atoms with E-state index in [-0.39, 0.29) is 36.9 Å².